The van der Waals surface area contributed by atoms with Gasteiger partial charge in [0.25, 0.3) is 0 Å². The Kier molecular flexibility index (Phi) is 3.22. The molecule has 1 aromatic rings. The molecule has 1 fully saturated rings. The summed E-state index contributed by atoms with van der Waals surface area (Å²) in [5.74, 6) is 0.367. The number of hydrogen-bond donors (Lipinski definition) is 1. The Hall–Kier alpha value is -0.670. The van der Waals surface area contributed by atoms with Crippen LogP contribution in [0.15, 0.2) is 35.2 Å². The number of nitrogens with two attached hydrogens (primary N) is 1. The molecule has 1 aliphatic rings. The van der Waals surface area contributed by atoms with Crippen molar-refractivity contribution in [2.24, 2.45) is 11.7 Å². The lowest BCUT2D eigenvalue weighted by Crippen LogP contribution is -2.29. The Bertz CT molecular complexity index is 352. The molecule has 2 rings (SSSR count). The molecule has 1 saturated carbocycles. The van der Waals surface area contributed by atoms with Crippen molar-refractivity contribution in [2.75, 3.05) is 0 Å². The Balaban J connectivity index is 2.16. The molecule has 0 heterocycles. The van der Waals surface area contributed by atoms with Crippen molar-refractivity contribution in [1.82, 2.24) is 0 Å². The maximum absolute atomic E-state index is 12.3. The molecule has 3 heteroatoms. The van der Waals surface area contributed by atoms with E-state index < -0.39 is 10.8 Å². The van der Waals surface area contributed by atoms with Gasteiger partial charge in [-0.2, -0.15) is 0 Å². The second-order valence-electron chi connectivity index (χ2n) is 4.25. The molecule has 0 amide bonds. The Morgan fingerprint density at radius 1 is 1.27 bits per heavy atom. The molecule has 1 aromatic carbocycles. The molecule has 15 heavy (non-hydrogen) atoms. The molecule has 0 radical (unpaired) electrons. The molecule has 4 unspecified atom stereocenters. The lowest BCUT2D eigenvalue weighted by Gasteiger charge is -2.17. The van der Waals surface area contributed by atoms with Crippen LogP contribution in [0.2, 0.25) is 0 Å². The van der Waals surface area contributed by atoms with Crippen LogP contribution in [0.25, 0.3) is 0 Å². The van der Waals surface area contributed by atoms with E-state index in [-0.39, 0.29) is 11.3 Å². The minimum atomic E-state index is -0.890. The largest absolute Gasteiger partial charge is 0.327 e. The van der Waals surface area contributed by atoms with Crippen molar-refractivity contribution in [3.63, 3.8) is 0 Å². The van der Waals surface area contributed by atoms with Gasteiger partial charge in [0.1, 0.15) is 0 Å². The summed E-state index contributed by atoms with van der Waals surface area (Å²) in [5, 5.41) is 0.238. The van der Waals surface area contributed by atoms with Crippen LogP contribution in [0.3, 0.4) is 0 Å². The second kappa shape index (κ2) is 4.45. The predicted molar refractivity (Wildman–Crippen MR) is 63.0 cm³/mol. The van der Waals surface area contributed by atoms with Crippen LogP contribution in [0, 0.1) is 5.92 Å². The van der Waals surface area contributed by atoms with Crippen LogP contribution < -0.4 is 5.73 Å². The summed E-state index contributed by atoms with van der Waals surface area (Å²) in [6, 6.07) is 9.92. The van der Waals surface area contributed by atoms with Gasteiger partial charge in [-0.25, -0.2) is 0 Å². The van der Waals surface area contributed by atoms with Crippen molar-refractivity contribution >= 4 is 10.8 Å². The molecule has 0 spiro atoms. The minimum absolute atomic E-state index is 0.225. The molecule has 0 aliphatic heterocycles. The van der Waals surface area contributed by atoms with Gasteiger partial charge >= 0.3 is 0 Å². The zero-order valence-corrected chi connectivity index (χ0v) is 9.74. The van der Waals surface area contributed by atoms with Gasteiger partial charge in [0.05, 0.1) is 10.8 Å². The molecule has 0 bridgehead atoms. The average Bonchev–Trinajstić information content (AvgIpc) is 2.60. The summed E-state index contributed by atoms with van der Waals surface area (Å²) in [4.78, 5) is 0.934. The first-order valence-electron chi connectivity index (χ1n) is 5.41. The van der Waals surface area contributed by atoms with Gasteiger partial charge in [0, 0.05) is 16.2 Å². The highest BCUT2D eigenvalue weighted by Crippen LogP contribution is 2.31. The topological polar surface area (TPSA) is 43.1 Å². The smallest absolute Gasteiger partial charge is 0.0564 e. The third-order valence-electron chi connectivity index (χ3n) is 3.30. The van der Waals surface area contributed by atoms with E-state index in [1.165, 1.54) is 0 Å². The summed E-state index contributed by atoms with van der Waals surface area (Å²) in [6.07, 6.45) is 1.99. The third-order valence-corrected chi connectivity index (χ3v) is 5.25. The van der Waals surface area contributed by atoms with E-state index in [0.29, 0.717) is 5.92 Å². The summed E-state index contributed by atoms with van der Waals surface area (Å²) in [6.45, 7) is 2.11. The van der Waals surface area contributed by atoms with Crippen molar-refractivity contribution < 1.29 is 4.21 Å². The van der Waals surface area contributed by atoms with E-state index in [1.807, 2.05) is 30.3 Å². The van der Waals surface area contributed by atoms with Gasteiger partial charge in [-0.15, -0.1) is 0 Å². The molecular formula is C12H17NOS. The van der Waals surface area contributed by atoms with Gasteiger partial charge in [0.15, 0.2) is 0 Å². The molecule has 0 aromatic heterocycles. The molecule has 4 atom stereocenters. The zero-order chi connectivity index (χ0) is 10.8. The van der Waals surface area contributed by atoms with Gasteiger partial charge in [0.2, 0.25) is 0 Å². The highest BCUT2D eigenvalue weighted by molar-refractivity contribution is 7.85. The first kappa shape index (κ1) is 10.8. The Labute approximate surface area is 93.3 Å². The molecule has 0 saturated heterocycles. The number of benzene rings is 1. The van der Waals surface area contributed by atoms with Crippen LogP contribution in [-0.2, 0) is 10.8 Å². The lowest BCUT2D eigenvalue weighted by atomic mass is 10.1. The Morgan fingerprint density at radius 2 is 1.93 bits per heavy atom. The van der Waals surface area contributed by atoms with Crippen LogP contribution in [-0.4, -0.2) is 15.5 Å². The Morgan fingerprint density at radius 3 is 2.47 bits per heavy atom. The molecule has 1 aliphatic carbocycles. The van der Waals surface area contributed by atoms with Gasteiger partial charge in [-0.05, 0) is 30.9 Å². The van der Waals surface area contributed by atoms with E-state index in [0.717, 1.165) is 17.7 Å². The van der Waals surface area contributed by atoms with Gasteiger partial charge in [-0.3, -0.25) is 4.21 Å². The maximum atomic E-state index is 12.3. The average molecular weight is 223 g/mol. The van der Waals surface area contributed by atoms with E-state index in [9.17, 15) is 4.21 Å². The SMILES string of the molecule is CC1C(N)CCC1S(=O)c1ccccc1. The van der Waals surface area contributed by atoms with E-state index >= 15 is 0 Å². The molecule has 2 nitrogen and oxygen atoms in total. The zero-order valence-electron chi connectivity index (χ0n) is 8.93. The monoisotopic (exact) mass is 223 g/mol. The first-order valence-corrected chi connectivity index (χ1v) is 6.62. The minimum Gasteiger partial charge on any atom is -0.327 e. The fourth-order valence-corrected chi connectivity index (χ4v) is 3.91. The van der Waals surface area contributed by atoms with Crippen LogP contribution in [0.5, 0.6) is 0 Å². The summed E-state index contributed by atoms with van der Waals surface area (Å²) < 4.78 is 12.3. The predicted octanol–water partition coefficient (Wildman–Crippen LogP) is 1.92. The van der Waals surface area contributed by atoms with Crippen LogP contribution >= 0.6 is 0 Å². The van der Waals surface area contributed by atoms with E-state index in [1.54, 1.807) is 0 Å². The first-order chi connectivity index (χ1) is 7.20. The fourth-order valence-electron chi connectivity index (χ4n) is 2.19. The quantitative estimate of drug-likeness (QED) is 0.832. The van der Waals surface area contributed by atoms with E-state index in [4.69, 9.17) is 5.73 Å². The summed E-state index contributed by atoms with van der Waals surface area (Å²) in [7, 11) is -0.890. The van der Waals surface area contributed by atoms with Crippen molar-refractivity contribution in [2.45, 2.75) is 36.0 Å². The molecular weight excluding hydrogens is 206 g/mol. The number of rotatable bonds is 2. The maximum Gasteiger partial charge on any atom is 0.0564 e. The van der Waals surface area contributed by atoms with Crippen molar-refractivity contribution in [3.05, 3.63) is 30.3 Å². The standard InChI is InChI=1S/C12H17NOS/c1-9-11(13)7-8-12(9)15(14)10-5-3-2-4-6-10/h2-6,9,11-12H,7-8,13H2,1H3. The van der Waals surface area contributed by atoms with Gasteiger partial charge in [-0.1, -0.05) is 25.1 Å². The summed E-state index contributed by atoms with van der Waals surface area (Å²) >= 11 is 0. The summed E-state index contributed by atoms with van der Waals surface area (Å²) in [5.41, 5.74) is 5.95. The second-order valence-corrected chi connectivity index (χ2v) is 5.92. The van der Waals surface area contributed by atoms with Crippen LogP contribution in [0.4, 0.5) is 0 Å². The van der Waals surface area contributed by atoms with Crippen molar-refractivity contribution in [1.29, 1.82) is 0 Å². The highest BCUT2D eigenvalue weighted by Gasteiger charge is 2.34. The lowest BCUT2D eigenvalue weighted by molar-refractivity contribution is 0.526. The van der Waals surface area contributed by atoms with Crippen molar-refractivity contribution in [3.8, 4) is 0 Å². The molecule has 82 valence electrons. The number of hydrogen-bond acceptors (Lipinski definition) is 2. The molecule has 2 N–H and O–H groups in total. The van der Waals surface area contributed by atoms with E-state index in [2.05, 4.69) is 6.92 Å². The fraction of sp³-hybridized carbons (Fsp3) is 0.500. The normalized spacial score (nSPS) is 32.8. The van der Waals surface area contributed by atoms with Gasteiger partial charge < -0.3 is 5.73 Å². The third kappa shape index (κ3) is 2.13. The van der Waals surface area contributed by atoms with Crippen LogP contribution in [0.1, 0.15) is 19.8 Å². The highest BCUT2D eigenvalue weighted by atomic mass is 32.2.